The van der Waals surface area contributed by atoms with Gasteiger partial charge in [0.2, 0.25) is 0 Å². The molecule has 0 aliphatic carbocycles. The molecule has 0 aromatic rings. The van der Waals surface area contributed by atoms with Crippen LogP contribution in [0.4, 0.5) is 0 Å². The van der Waals surface area contributed by atoms with E-state index in [4.69, 9.17) is 16.3 Å². The van der Waals surface area contributed by atoms with Crippen LogP contribution in [0.25, 0.3) is 0 Å². The highest BCUT2D eigenvalue weighted by molar-refractivity contribution is 6.19. The van der Waals surface area contributed by atoms with Crippen molar-refractivity contribution in [2.24, 2.45) is 0 Å². The third kappa shape index (κ3) is 6.12. The van der Waals surface area contributed by atoms with Crippen molar-refractivity contribution in [3.63, 3.8) is 0 Å². The predicted molar refractivity (Wildman–Crippen MR) is 45.3 cm³/mol. The first kappa shape index (κ1) is 9.99. The van der Waals surface area contributed by atoms with Crippen molar-refractivity contribution in [2.75, 3.05) is 6.61 Å². The van der Waals surface area contributed by atoms with Gasteiger partial charge in [-0.2, -0.15) is 0 Å². The first-order valence-electron chi connectivity index (χ1n) is 3.57. The zero-order chi connectivity index (χ0) is 7.98. The Kier molecular flexibility index (Phi) is 5.74. The molecule has 1 unspecified atom stereocenters. The first-order valence-corrected chi connectivity index (χ1v) is 4.00. The molecule has 0 aromatic carbocycles. The molecular formula is C8H15ClO. The zero-order valence-corrected chi connectivity index (χ0v) is 7.45. The lowest BCUT2D eigenvalue weighted by molar-refractivity contribution is 0.121. The number of ether oxygens (including phenoxy) is 1. The smallest absolute Gasteiger partial charge is 0.131 e. The summed E-state index contributed by atoms with van der Waals surface area (Å²) in [5.74, 6) is 0. The highest BCUT2D eigenvalue weighted by atomic mass is 35.5. The lowest BCUT2D eigenvalue weighted by Crippen LogP contribution is -2.05. The normalized spacial score (nSPS) is 13.1. The second-order valence-electron chi connectivity index (χ2n) is 2.47. The summed E-state index contributed by atoms with van der Waals surface area (Å²) < 4.78 is 5.21. The lowest BCUT2D eigenvalue weighted by atomic mass is 10.3. The van der Waals surface area contributed by atoms with Gasteiger partial charge in [0, 0.05) is 0 Å². The van der Waals surface area contributed by atoms with Crippen LogP contribution in [0.15, 0.2) is 12.2 Å². The molecule has 0 bridgehead atoms. The van der Waals surface area contributed by atoms with Gasteiger partial charge in [0.05, 0.1) is 6.61 Å². The van der Waals surface area contributed by atoms with Gasteiger partial charge in [-0.1, -0.05) is 37.1 Å². The van der Waals surface area contributed by atoms with Crippen molar-refractivity contribution in [1.29, 1.82) is 0 Å². The van der Waals surface area contributed by atoms with Gasteiger partial charge < -0.3 is 4.74 Å². The monoisotopic (exact) mass is 162 g/mol. The molecule has 0 heterocycles. The summed E-state index contributed by atoms with van der Waals surface area (Å²) in [7, 11) is 0. The molecule has 0 radical (unpaired) electrons. The number of hydrogen-bond acceptors (Lipinski definition) is 1. The summed E-state index contributed by atoms with van der Waals surface area (Å²) in [4.78, 5) is 0. The van der Waals surface area contributed by atoms with Gasteiger partial charge in [0.1, 0.15) is 5.56 Å². The summed E-state index contributed by atoms with van der Waals surface area (Å²) in [6.07, 6.45) is 1.97. The molecule has 0 N–H and O–H groups in total. The van der Waals surface area contributed by atoms with E-state index in [9.17, 15) is 0 Å². The van der Waals surface area contributed by atoms with E-state index in [1.165, 1.54) is 0 Å². The Morgan fingerprint density at radius 1 is 1.70 bits per heavy atom. The minimum Gasteiger partial charge on any atom is -0.358 e. The second kappa shape index (κ2) is 5.75. The quantitative estimate of drug-likeness (QED) is 0.446. The molecule has 0 amide bonds. The van der Waals surface area contributed by atoms with Crippen LogP contribution in [0.3, 0.4) is 0 Å². The topological polar surface area (TPSA) is 9.23 Å². The number of rotatable bonds is 5. The fourth-order valence-corrected chi connectivity index (χ4v) is 0.824. The summed E-state index contributed by atoms with van der Waals surface area (Å²) in [6.45, 7) is 8.29. The van der Waals surface area contributed by atoms with Crippen molar-refractivity contribution < 1.29 is 4.74 Å². The van der Waals surface area contributed by atoms with Gasteiger partial charge in [0.25, 0.3) is 0 Å². The van der Waals surface area contributed by atoms with E-state index in [-0.39, 0.29) is 5.56 Å². The maximum atomic E-state index is 5.76. The Morgan fingerprint density at radius 3 is 2.70 bits per heavy atom. The van der Waals surface area contributed by atoms with Crippen LogP contribution in [0, 0.1) is 0 Å². The van der Waals surface area contributed by atoms with Crippen LogP contribution in [0.2, 0.25) is 0 Å². The molecule has 0 spiro atoms. The molecule has 0 saturated carbocycles. The Bertz CT molecular complexity index is 101. The van der Waals surface area contributed by atoms with E-state index in [0.717, 1.165) is 18.4 Å². The molecule has 0 rings (SSSR count). The van der Waals surface area contributed by atoms with Crippen LogP contribution < -0.4 is 0 Å². The lowest BCUT2D eigenvalue weighted by Gasteiger charge is -2.08. The molecule has 2 heteroatoms. The van der Waals surface area contributed by atoms with Gasteiger partial charge in [0.15, 0.2) is 0 Å². The summed E-state index contributed by atoms with van der Waals surface area (Å²) in [6, 6.07) is 0. The van der Waals surface area contributed by atoms with E-state index in [2.05, 4.69) is 13.5 Å². The Labute approximate surface area is 68.0 Å². The van der Waals surface area contributed by atoms with Crippen LogP contribution >= 0.6 is 11.6 Å². The van der Waals surface area contributed by atoms with Crippen LogP contribution in [0.1, 0.15) is 26.7 Å². The molecule has 60 valence electrons. The molecule has 1 nitrogen and oxygen atoms in total. The highest BCUT2D eigenvalue weighted by Gasteiger charge is 2.00. The van der Waals surface area contributed by atoms with Crippen LogP contribution in [-0.4, -0.2) is 12.2 Å². The fourth-order valence-electron chi connectivity index (χ4n) is 0.543. The molecule has 0 saturated heterocycles. The minimum absolute atomic E-state index is 0.137. The molecule has 0 aromatic heterocycles. The minimum atomic E-state index is -0.137. The summed E-state index contributed by atoms with van der Waals surface area (Å²) in [5.41, 5.74) is 0.878. The highest BCUT2D eigenvalue weighted by Crippen LogP contribution is 2.07. The zero-order valence-electron chi connectivity index (χ0n) is 6.69. The third-order valence-corrected chi connectivity index (χ3v) is 1.37. The van der Waals surface area contributed by atoms with Gasteiger partial charge in [-0.05, 0) is 13.3 Å². The maximum absolute atomic E-state index is 5.76. The van der Waals surface area contributed by atoms with E-state index in [1.54, 1.807) is 0 Å². The van der Waals surface area contributed by atoms with E-state index in [1.807, 2.05) is 6.92 Å². The van der Waals surface area contributed by atoms with E-state index >= 15 is 0 Å². The third-order valence-electron chi connectivity index (χ3n) is 1.03. The van der Waals surface area contributed by atoms with Gasteiger partial charge in [-0.25, -0.2) is 0 Å². The Morgan fingerprint density at radius 2 is 2.30 bits per heavy atom. The predicted octanol–water partition coefficient (Wildman–Crippen LogP) is 2.94. The van der Waals surface area contributed by atoms with Crippen LogP contribution in [-0.2, 0) is 4.74 Å². The van der Waals surface area contributed by atoms with E-state index in [0.29, 0.717) is 6.61 Å². The summed E-state index contributed by atoms with van der Waals surface area (Å²) >= 11 is 5.76. The van der Waals surface area contributed by atoms with Crippen LogP contribution in [0.5, 0.6) is 0 Å². The number of alkyl halides is 1. The summed E-state index contributed by atoms with van der Waals surface area (Å²) in [5, 5.41) is 0. The van der Waals surface area contributed by atoms with Crippen molar-refractivity contribution in [3.05, 3.63) is 12.2 Å². The molecule has 0 aliphatic rings. The Hall–Kier alpha value is -0.0100. The molecular weight excluding hydrogens is 148 g/mol. The largest absolute Gasteiger partial charge is 0.358 e. The molecule has 0 aliphatic heterocycles. The van der Waals surface area contributed by atoms with Gasteiger partial charge in [-0.3, -0.25) is 0 Å². The number of halogens is 1. The standard InChI is InChI=1S/C8H15ClO/c1-4-5-8(9)10-6-7(2)3/h8H,2,4-6H2,1,3H3. The Balaban J connectivity index is 3.21. The van der Waals surface area contributed by atoms with E-state index < -0.39 is 0 Å². The average Bonchev–Trinajstić information content (AvgIpc) is 1.85. The fraction of sp³-hybridized carbons (Fsp3) is 0.750. The van der Waals surface area contributed by atoms with Gasteiger partial charge >= 0.3 is 0 Å². The maximum Gasteiger partial charge on any atom is 0.131 e. The van der Waals surface area contributed by atoms with Gasteiger partial charge in [-0.15, -0.1) is 0 Å². The average molecular weight is 163 g/mol. The molecule has 0 fully saturated rings. The number of hydrogen-bond donors (Lipinski definition) is 0. The molecule has 1 atom stereocenters. The van der Waals surface area contributed by atoms with Crippen molar-refractivity contribution >= 4 is 11.6 Å². The van der Waals surface area contributed by atoms with Crippen molar-refractivity contribution in [1.82, 2.24) is 0 Å². The van der Waals surface area contributed by atoms with Crippen molar-refractivity contribution in [2.45, 2.75) is 32.3 Å². The second-order valence-corrected chi connectivity index (χ2v) is 2.95. The molecule has 10 heavy (non-hydrogen) atoms. The first-order chi connectivity index (χ1) is 4.66. The van der Waals surface area contributed by atoms with Crippen molar-refractivity contribution in [3.8, 4) is 0 Å². The SMILES string of the molecule is C=C(C)COC(Cl)CCC.